The van der Waals surface area contributed by atoms with E-state index in [0.717, 1.165) is 11.1 Å². The lowest BCUT2D eigenvalue weighted by Gasteiger charge is -2.29. The third-order valence-corrected chi connectivity index (χ3v) is 5.51. The minimum Gasteiger partial charge on any atom is -0.391 e. The molecule has 3 atom stereocenters. The molecule has 0 unspecified atom stereocenters. The van der Waals surface area contributed by atoms with Crippen LogP contribution in [0.2, 0.25) is 0 Å². The zero-order valence-corrected chi connectivity index (χ0v) is 20.5. The number of benzene rings is 2. The van der Waals surface area contributed by atoms with Gasteiger partial charge < -0.3 is 15.7 Å². The zero-order valence-electron chi connectivity index (χ0n) is 20.5. The summed E-state index contributed by atoms with van der Waals surface area (Å²) in [5.41, 5.74) is 2.15. The molecule has 0 radical (unpaired) electrons. The second-order valence-electron chi connectivity index (χ2n) is 9.82. The Bertz CT molecular complexity index is 837. The summed E-state index contributed by atoms with van der Waals surface area (Å²) >= 11 is 0. The molecule has 0 aliphatic carbocycles. The van der Waals surface area contributed by atoms with Gasteiger partial charge in [-0.2, -0.15) is 0 Å². The zero-order chi connectivity index (χ0) is 24.2. The number of aliphatic hydroxyl groups is 1. The van der Waals surface area contributed by atoms with Crippen molar-refractivity contribution in [3.63, 3.8) is 0 Å². The van der Waals surface area contributed by atoms with Crippen LogP contribution in [0.5, 0.6) is 0 Å². The maximum atomic E-state index is 12.5. The van der Waals surface area contributed by atoms with Crippen LogP contribution in [0.3, 0.4) is 0 Å². The first kappa shape index (κ1) is 26.6. The molecule has 5 heteroatoms. The summed E-state index contributed by atoms with van der Waals surface area (Å²) in [6, 6.07) is 19.2. The van der Waals surface area contributed by atoms with Crippen molar-refractivity contribution >= 4 is 11.8 Å². The summed E-state index contributed by atoms with van der Waals surface area (Å²) in [5, 5.41) is 17.4. The summed E-state index contributed by atoms with van der Waals surface area (Å²) in [6.07, 6.45) is 1.58. The third-order valence-electron chi connectivity index (χ3n) is 5.51. The summed E-state index contributed by atoms with van der Waals surface area (Å²) in [7, 11) is 0. The van der Waals surface area contributed by atoms with Gasteiger partial charge in [0.25, 0.3) is 0 Å². The fourth-order valence-electron chi connectivity index (χ4n) is 3.99. The lowest BCUT2D eigenvalue weighted by Crippen LogP contribution is -2.49. The predicted molar refractivity (Wildman–Crippen MR) is 134 cm³/mol. The van der Waals surface area contributed by atoms with E-state index < -0.39 is 12.1 Å². The number of rotatable bonds is 13. The van der Waals surface area contributed by atoms with Gasteiger partial charge >= 0.3 is 0 Å². The van der Waals surface area contributed by atoms with Crippen molar-refractivity contribution in [2.75, 3.05) is 0 Å². The lowest BCUT2D eigenvalue weighted by molar-refractivity contribution is -0.124. The summed E-state index contributed by atoms with van der Waals surface area (Å²) in [4.78, 5) is 25.1. The van der Waals surface area contributed by atoms with E-state index in [9.17, 15) is 14.7 Å². The van der Waals surface area contributed by atoms with Crippen molar-refractivity contribution < 1.29 is 14.7 Å². The van der Waals surface area contributed by atoms with Crippen LogP contribution >= 0.6 is 0 Å². The van der Waals surface area contributed by atoms with Crippen LogP contribution in [0.4, 0.5) is 0 Å². The Balaban J connectivity index is 2.16. The molecule has 180 valence electrons. The van der Waals surface area contributed by atoms with E-state index in [-0.39, 0.29) is 29.7 Å². The summed E-state index contributed by atoms with van der Waals surface area (Å²) in [6.45, 7) is 8.03. The number of amides is 2. The molecule has 0 aromatic heterocycles. The van der Waals surface area contributed by atoms with Crippen molar-refractivity contribution in [2.45, 2.75) is 78.0 Å². The lowest BCUT2D eigenvalue weighted by atomic mass is 9.93. The number of aliphatic hydroxyl groups excluding tert-OH is 1. The maximum absolute atomic E-state index is 12.5. The molecule has 2 rings (SSSR count). The number of carbonyl (C=O) groups is 2. The molecular weight excluding hydrogens is 412 g/mol. The van der Waals surface area contributed by atoms with Gasteiger partial charge in [0, 0.05) is 18.9 Å². The first-order chi connectivity index (χ1) is 15.7. The molecule has 0 saturated heterocycles. The Kier molecular flexibility index (Phi) is 11.1. The Morgan fingerprint density at radius 1 is 0.727 bits per heavy atom. The minimum absolute atomic E-state index is 0.0124. The Morgan fingerprint density at radius 2 is 1.18 bits per heavy atom. The molecule has 0 bridgehead atoms. The average molecular weight is 453 g/mol. The van der Waals surface area contributed by atoms with Crippen LogP contribution in [-0.4, -0.2) is 35.1 Å². The van der Waals surface area contributed by atoms with Crippen molar-refractivity contribution in [1.82, 2.24) is 10.6 Å². The van der Waals surface area contributed by atoms with E-state index in [0.29, 0.717) is 32.1 Å². The normalized spacial score (nSPS) is 14.0. The number of carbonyl (C=O) groups excluding carboxylic acids is 2. The second-order valence-corrected chi connectivity index (χ2v) is 9.82. The molecule has 3 N–H and O–H groups in total. The molecule has 33 heavy (non-hydrogen) atoms. The molecule has 2 aromatic carbocycles. The second kappa shape index (κ2) is 13.8. The third kappa shape index (κ3) is 10.7. The van der Waals surface area contributed by atoms with Gasteiger partial charge in [-0.3, -0.25) is 9.59 Å². The summed E-state index contributed by atoms with van der Waals surface area (Å²) in [5.74, 6) is 0.420. The van der Waals surface area contributed by atoms with Gasteiger partial charge in [-0.05, 0) is 42.2 Å². The number of hydrogen-bond acceptors (Lipinski definition) is 3. The van der Waals surface area contributed by atoms with Crippen LogP contribution < -0.4 is 10.6 Å². The first-order valence-corrected chi connectivity index (χ1v) is 12.1. The quantitative estimate of drug-likeness (QED) is 0.424. The SMILES string of the molecule is CC(C)CC(=O)N[C@@H](Cc1ccccc1)C[C@H](O)[C@H](Cc1ccccc1)NC(=O)CC(C)C. The fraction of sp³-hybridized carbons (Fsp3) is 0.500. The highest BCUT2D eigenvalue weighted by molar-refractivity contribution is 5.77. The average Bonchev–Trinajstić information content (AvgIpc) is 2.73. The van der Waals surface area contributed by atoms with Gasteiger partial charge in [-0.25, -0.2) is 0 Å². The van der Waals surface area contributed by atoms with Gasteiger partial charge in [0.1, 0.15) is 0 Å². The Morgan fingerprint density at radius 3 is 1.67 bits per heavy atom. The molecular formula is C28H40N2O3. The van der Waals surface area contributed by atoms with Crippen LogP contribution in [0, 0.1) is 11.8 Å². The predicted octanol–water partition coefficient (Wildman–Crippen LogP) is 4.28. The number of hydrogen-bond donors (Lipinski definition) is 3. The van der Waals surface area contributed by atoms with Crippen molar-refractivity contribution in [1.29, 1.82) is 0 Å². The Labute approximate surface area is 199 Å². The monoisotopic (exact) mass is 452 g/mol. The van der Waals surface area contributed by atoms with Gasteiger partial charge in [0.15, 0.2) is 0 Å². The van der Waals surface area contributed by atoms with Gasteiger partial charge in [0.2, 0.25) is 11.8 Å². The summed E-state index contributed by atoms with van der Waals surface area (Å²) < 4.78 is 0. The highest BCUT2D eigenvalue weighted by Crippen LogP contribution is 2.15. The van der Waals surface area contributed by atoms with E-state index in [1.165, 1.54) is 0 Å². The first-order valence-electron chi connectivity index (χ1n) is 12.1. The van der Waals surface area contributed by atoms with Crippen LogP contribution in [-0.2, 0) is 22.4 Å². The molecule has 0 saturated carbocycles. The van der Waals surface area contributed by atoms with Crippen molar-refractivity contribution in [3.8, 4) is 0 Å². The van der Waals surface area contributed by atoms with Crippen LogP contribution in [0.25, 0.3) is 0 Å². The van der Waals surface area contributed by atoms with Crippen LogP contribution in [0.15, 0.2) is 60.7 Å². The van der Waals surface area contributed by atoms with Gasteiger partial charge in [-0.15, -0.1) is 0 Å². The highest BCUT2D eigenvalue weighted by atomic mass is 16.3. The van der Waals surface area contributed by atoms with Gasteiger partial charge in [0.05, 0.1) is 12.1 Å². The largest absolute Gasteiger partial charge is 0.391 e. The molecule has 2 aromatic rings. The molecule has 0 heterocycles. The maximum Gasteiger partial charge on any atom is 0.220 e. The molecule has 0 aliphatic rings. The molecule has 0 spiro atoms. The van der Waals surface area contributed by atoms with Crippen LogP contribution in [0.1, 0.15) is 58.1 Å². The molecule has 5 nitrogen and oxygen atoms in total. The standard InChI is InChI=1S/C28H40N2O3/c1-20(2)15-27(32)29-24(17-22-11-7-5-8-12-22)19-26(31)25(30-28(33)16-21(3)4)18-23-13-9-6-10-14-23/h5-14,20-21,24-26,31H,15-19H2,1-4H3,(H,29,32)(H,30,33)/t24-,25-,26-/m0/s1. The fourth-order valence-corrected chi connectivity index (χ4v) is 3.99. The minimum atomic E-state index is -0.797. The van der Waals surface area contributed by atoms with E-state index in [1.54, 1.807) is 0 Å². The van der Waals surface area contributed by atoms with Crippen molar-refractivity contribution in [3.05, 3.63) is 71.8 Å². The van der Waals surface area contributed by atoms with Gasteiger partial charge in [-0.1, -0.05) is 88.4 Å². The molecule has 0 aliphatic heterocycles. The number of nitrogens with one attached hydrogen (secondary N) is 2. The Hall–Kier alpha value is -2.66. The highest BCUT2D eigenvalue weighted by Gasteiger charge is 2.26. The molecule has 2 amide bonds. The van der Waals surface area contributed by atoms with E-state index in [1.807, 2.05) is 88.4 Å². The molecule has 0 fully saturated rings. The van der Waals surface area contributed by atoms with E-state index in [2.05, 4.69) is 10.6 Å². The topological polar surface area (TPSA) is 78.4 Å². The van der Waals surface area contributed by atoms with Crippen molar-refractivity contribution in [2.24, 2.45) is 11.8 Å². The van der Waals surface area contributed by atoms with E-state index >= 15 is 0 Å². The smallest absolute Gasteiger partial charge is 0.220 e. The van der Waals surface area contributed by atoms with E-state index in [4.69, 9.17) is 0 Å².